The molecule has 0 N–H and O–H groups in total. The summed E-state index contributed by atoms with van der Waals surface area (Å²) in [7, 11) is 0. The molecule has 0 amide bonds. The Bertz CT molecular complexity index is 198. The van der Waals surface area contributed by atoms with Crippen LogP contribution in [-0.2, 0) is 9.47 Å². The van der Waals surface area contributed by atoms with E-state index in [-0.39, 0.29) is 5.60 Å². The number of hydrogen-bond donors (Lipinski definition) is 0. The lowest BCUT2D eigenvalue weighted by atomic mass is 9.98. The van der Waals surface area contributed by atoms with Gasteiger partial charge in [0.25, 0.3) is 0 Å². The Kier molecular flexibility index (Phi) is 2.43. The fourth-order valence-electron chi connectivity index (χ4n) is 2.09. The first-order valence-electron chi connectivity index (χ1n) is 5.15. The summed E-state index contributed by atoms with van der Waals surface area (Å²) in [4.78, 5) is 0. The summed E-state index contributed by atoms with van der Waals surface area (Å²) in [5.41, 5.74) is 0.0197. The van der Waals surface area contributed by atoms with Gasteiger partial charge in [0.15, 0.2) is 0 Å². The van der Waals surface area contributed by atoms with E-state index in [9.17, 15) is 0 Å². The van der Waals surface area contributed by atoms with Crippen LogP contribution in [0.3, 0.4) is 0 Å². The number of hydrogen-bond acceptors (Lipinski definition) is 2. The first kappa shape index (κ1) is 9.22. The summed E-state index contributed by atoms with van der Waals surface area (Å²) in [6, 6.07) is 0. The summed E-state index contributed by atoms with van der Waals surface area (Å²) in [6.07, 6.45) is 7.29. The highest BCUT2D eigenvalue weighted by molar-refractivity contribution is 4.97. The van der Waals surface area contributed by atoms with Crippen molar-refractivity contribution in [3.63, 3.8) is 0 Å². The van der Waals surface area contributed by atoms with E-state index in [2.05, 4.69) is 13.5 Å². The molecule has 13 heavy (non-hydrogen) atoms. The molecule has 2 aliphatic heterocycles. The van der Waals surface area contributed by atoms with E-state index >= 15 is 0 Å². The minimum atomic E-state index is 0.0197. The minimum Gasteiger partial charge on any atom is -0.370 e. The second kappa shape index (κ2) is 3.43. The van der Waals surface area contributed by atoms with Crippen LogP contribution in [0.5, 0.6) is 0 Å². The van der Waals surface area contributed by atoms with Gasteiger partial charge in [-0.25, -0.2) is 0 Å². The number of ether oxygens (including phenoxy) is 2. The van der Waals surface area contributed by atoms with Gasteiger partial charge in [-0.2, -0.15) is 0 Å². The second-order valence-electron chi connectivity index (χ2n) is 4.28. The van der Waals surface area contributed by atoms with Crippen molar-refractivity contribution >= 4 is 0 Å². The van der Waals surface area contributed by atoms with Gasteiger partial charge in [-0.1, -0.05) is 6.08 Å². The van der Waals surface area contributed by atoms with Gasteiger partial charge < -0.3 is 9.47 Å². The zero-order valence-electron chi connectivity index (χ0n) is 8.29. The molecule has 3 atom stereocenters. The van der Waals surface area contributed by atoms with Crippen LogP contribution in [0.1, 0.15) is 32.6 Å². The Morgan fingerprint density at radius 2 is 2.38 bits per heavy atom. The van der Waals surface area contributed by atoms with E-state index in [1.165, 1.54) is 6.42 Å². The molecule has 2 fully saturated rings. The van der Waals surface area contributed by atoms with Crippen LogP contribution in [-0.4, -0.2) is 24.4 Å². The standard InChI is InChI=1S/C11H18O2/c1-3-4-5-9-6-7-11(2,13-9)10-8-12-10/h3,9-10H,1,4-8H2,2H3/t9-,10-,11+/m1/s1. The molecule has 2 nitrogen and oxygen atoms in total. The van der Waals surface area contributed by atoms with Gasteiger partial charge in [0.05, 0.1) is 18.3 Å². The first-order chi connectivity index (χ1) is 6.24. The molecule has 0 aromatic heterocycles. The van der Waals surface area contributed by atoms with Gasteiger partial charge in [-0.15, -0.1) is 6.58 Å². The smallest absolute Gasteiger partial charge is 0.110 e. The third-order valence-electron chi connectivity index (χ3n) is 3.11. The third-order valence-corrected chi connectivity index (χ3v) is 3.11. The van der Waals surface area contributed by atoms with Crippen LogP contribution in [0.25, 0.3) is 0 Å². The summed E-state index contributed by atoms with van der Waals surface area (Å²) in [5.74, 6) is 0. The average molecular weight is 182 g/mol. The van der Waals surface area contributed by atoms with E-state index in [0.717, 1.165) is 25.9 Å². The molecule has 0 unspecified atom stereocenters. The molecular weight excluding hydrogens is 164 g/mol. The summed E-state index contributed by atoms with van der Waals surface area (Å²) in [5, 5.41) is 0. The van der Waals surface area contributed by atoms with Crippen molar-refractivity contribution in [1.82, 2.24) is 0 Å². The summed E-state index contributed by atoms with van der Waals surface area (Å²) >= 11 is 0. The lowest BCUT2D eigenvalue weighted by molar-refractivity contribution is -0.0471. The highest BCUT2D eigenvalue weighted by atomic mass is 16.6. The van der Waals surface area contributed by atoms with Crippen LogP contribution in [0.15, 0.2) is 12.7 Å². The maximum Gasteiger partial charge on any atom is 0.110 e. The van der Waals surface area contributed by atoms with Crippen LogP contribution in [0.4, 0.5) is 0 Å². The predicted octanol–water partition coefficient (Wildman–Crippen LogP) is 2.29. The zero-order valence-corrected chi connectivity index (χ0v) is 8.29. The van der Waals surface area contributed by atoms with E-state index < -0.39 is 0 Å². The Hall–Kier alpha value is -0.340. The number of rotatable bonds is 4. The molecule has 2 saturated heterocycles. The SMILES string of the molecule is C=CCC[C@@H]1CC[C@@](C)([C@H]2CO2)O1. The van der Waals surface area contributed by atoms with Crippen molar-refractivity contribution < 1.29 is 9.47 Å². The Morgan fingerprint density at radius 3 is 3.00 bits per heavy atom. The maximum absolute atomic E-state index is 6.00. The molecule has 0 bridgehead atoms. The van der Waals surface area contributed by atoms with Gasteiger partial charge in [0.1, 0.15) is 6.10 Å². The van der Waals surface area contributed by atoms with Crippen molar-refractivity contribution in [3.05, 3.63) is 12.7 Å². The average Bonchev–Trinajstić information content (AvgIpc) is 2.89. The third kappa shape index (κ3) is 1.94. The molecule has 2 heterocycles. The van der Waals surface area contributed by atoms with Gasteiger partial charge in [0, 0.05) is 0 Å². The van der Waals surface area contributed by atoms with Crippen LogP contribution in [0.2, 0.25) is 0 Å². The maximum atomic E-state index is 6.00. The fraction of sp³-hybridized carbons (Fsp3) is 0.818. The van der Waals surface area contributed by atoms with E-state index in [1.807, 2.05) is 6.08 Å². The van der Waals surface area contributed by atoms with Crippen molar-refractivity contribution in [2.24, 2.45) is 0 Å². The van der Waals surface area contributed by atoms with Gasteiger partial charge in [0.2, 0.25) is 0 Å². The van der Waals surface area contributed by atoms with Crippen molar-refractivity contribution in [1.29, 1.82) is 0 Å². The lowest BCUT2D eigenvalue weighted by Gasteiger charge is -2.22. The minimum absolute atomic E-state index is 0.0197. The van der Waals surface area contributed by atoms with E-state index in [4.69, 9.17) is 9.47 Å². The van der Waals surface area contributed by atoms with Crippen molar-refractivity contribution in [2.75, 3.05) is 6.61 Å². The first-order valence-corrected chi connectivity index (χ1v) is 5.15. The summed E-state index contributed by atoms with van der Waals surface area (Å²) in [6.45, 7) is 6.80. The van der Waals surface area contributed by atoms with E-state index in [0.29, 0.717) is 12.2 Å². The molecule has 2 rings (SSSR count). The second-order valence-corrected chi connectivity index (χ2v) is 4.28. The topological polar surface area (TPSA) is 21.8 Å². The van der Waals surface area contributed by atoms with Crippen LogP contribution in [0, 0.1) is 0 Å². The molecule has 2 heteroatoms. The molecule has 0 aromatic rings. The Labute approximate surface area is 79.9 Å². The number of allylic oxidation sites excluding steroid dienone is 1. The monoisotopic (exact) mass is 182 g/mol. The van der Waals surface area contributed by atoms with Crippen molar-refractivity contribution in [3.8, 4) is 0 Å². The Morgan fingerprint density at radius 1 is 1.62 bits per heavy atom. The molecular formula is C11H18O2. The highest BCUT2D eigenvalue weighted by Gasteiger charge is 2.48. The predicted molar refractivity (Wildman–Crippen MR) is 51.7 cm³/mol. The molecule has 74 valence electrons. The normalized spacial score (nSPS) is 43.5. The molecule has 0 aromatic carbocycles. The molecule has 0 saturated carbocycles. The van der Waals surface area contributed by atoms with Gasteiger partial charge in [-0.05, 0) is 32.6 Å². The number of epoxide rings is 1. The lowest BCUT2D eigenvalue weighted by Crippen LogP contribution is -2.31. The van der Waals surface area contributed by atoms with Crippen LogP contribution < -0.4 is 0 Å². The molecule has 0 radical (unpaired) electrons. The molecule has 0 aliphatic carbocycles. The van der Waals surface area contributed by atoms with Crippen LogP contribution >= 0.6 is 0 Å². The van der Waals surface area contributed by atoms with Gasteiger partial charge >= 0.3 is 0 Å². The largest absolute Gasteiger partial charge is 0.370 e. The fourth-order valence-corrected chi connectivity index (χ4v) is 2.09. The van der Waals surface area contributed by atoms with Crippen molar-refractivity contribution in [2.45, 2.75) is 50.4 Å². The van der Waals surface area contributed by atoms with E-state index in [1.54, 1.807) is 0 Å². The highest BCUT2D eigenvalue weighted by Crippen LogP contribution is 2.40. The molecule has 0 spiro atoms. The Balaban J connectivity index is 1.82. The zero-order chi connectivity index (χ0) is 9.31. The summed E-state index contributed by atoms with van der Waals surface area (Å²) < 4.78 is 11.3. The molecule has 2 aliphatic rings. The van der Waals surface area contributed by atoms with Gasteiger partial charge in [-0.3, -0.25) is 0 Å². The quantitative estimate of drug-likeness (QED) is 0.491.